The van der Waals surface area contributed by atoms with E-state index in [9.17, 15) is 14.4 Å². The van der Waals surface area contributed by atoms with Gasteiger partial charge in [-0.05, 0) is 6.42 Å². The Kier molecular flexibility index (Phi) is 4.39. The van der Waals surface area contributed by atoms with Crippen LogP contribution in [0.2, 0.25) is 0 Å². The number of ether oxygens (including phenoxy) is 1. The number of amides is 1. The van der Waals surface area contributed by atoms with E-state index in [4.69, 9.17) is 15.6 Å². The normalized spacial score (nSPS) is 21.1. The zero-order valence-electron chi connectivity index (χ0n) is 8.64. The zero-order valence-corrected chi connectivity index (χ0v) is 8.64. The van der Waals surface area contributed by atoms with E-state index >= 15 is 0 Å². The summed E-state index contributed by atoms with van der Waals surface area (Å²) in [4.78, 5) is 32.5. The fourth-order valence-electron chi connectivity index (χ4n) is 1.19. The summed E-state index contributed by atoms with van der Waals surface area (Å²) in [5, 5.41) is 10.8. The van der Waals surface area contributed by atoms with Crippen molar-refractivity contribution >= 4 is 17.7 Å². The summed E-state index contributed by atoms with van der Waals surface area (Å²) in [6.45, 7) is -0.322. The Labute approximate surface area is 91.9 Å². The Morgan fingerprint density at radius 1 is 1.62 bits per heavy atom. The van der Waals surface area contributed by atoms with Gasteiger partial charge in [-0.1, -0.05) is 0 Å². The number of nitrogens with two attached hydrogens (primary N) is 1. The lowest BCUT2D eigenvalue weighted by Crippen LogP contribution is -2.43. The summed E-state index contributed by atoms with van der Waals surface area (Å²) in [5.74, 6) is -2.17. The van der Waals surface area contributed by atoms with E-state index in [-0.39, 0.29) is 25.0 Å². The molecular weight excluding hydrogens is 216 g/mol. The largest absolute Gasteiger partial charge is 0.480 e. The molecule has 1 saturated carbocycles. The molecule has 1 aliphatic carbocycles. The van der Waals surface area contributed by atoms with Crippen LogP contribution in [0.3, 0.4) is 0 Å². The molecule has 4 N–H and O–H groups in total. The van der Waals surface area contributed by atoms with Gasteiger partial charge < -0.3 is 20.9 Å². The summed E-state index contributed by atoms with van der Waals surface area (Å²) in [7, 11) is 0. The minimum absolute atomic E-state index is 0.0697. The number of hydrogen-bond acceptors (Lipinski definition) is 5. The van der Waals surface area contributed by atoms with E-state index in [0.717, 1.165) is 0 Å². The molecule has 0 aromatic carbocycles. The summed E-state index contributed by atoms with van der Waals surface area (Å²) in [6.07, 6.45) is 1.02. The molecular formula is C9H14N2O5. The van der Waals surface area contributed by atoms with Gasteiger partial charge in [0.1, 0.15) is 18.6 Å². The number of Topliss-reactive ketones (excluding diaryl/α,β-unsaturated/α-hetero) is 1. The van der Waals surface area contributed by atoms with Crippen molar-refractivity contribution in [2.24, 2.45) is 11.7 Å². The van der Waals surface area contributed by atoms with E-state index in [1.807, 2.05) is 0 Å². The van der Waals surface area contributed by atoms with E-state index in [2.05, 4.69) is 5.32 Å². The molecule has 0 aliphatic heterocycles. The third-order valence-electron chi connectivity index (χ3n) is 2.35. The molecule has 7 heteroatoms. The van der Waals surface area contributed by atoms with Crippen molar-refractivity contribution in [2.75, 3.05) is 13.3 Å². The van der Waals surface area contributed by atoms with Crippen LogP contribution in [-0.2, 0) is 19.1 Å². The Bertz CT molecular complexity index is 304. The first kappa shape index (κ1) is 12.6. The summed E-state index contributed by atoms with van der Waals surface area (Å²) in [6, 6.07) is -1.11. The highest BCUT2D eigenvalue weighted by Gasteiger charge is 2.34. The number of rotatable bonds is 6. The Morgan fingerprint density at radius 3 is 2.75 bits per heavy atom. The molecule has 0 heterocycles. The van der Waals surface area contributed by atoms with E-state index in [1.165, 1.54) is 0 Å². The summed E-state index contributed by atoms with van der Waals surface area (Å²) >= 11 is 0. The quantitative estimate of drug-likeness (QED) is 0.289. The molecule has 2 atom stereocenters. The Balaban J connectivity index is 2.09. The molecule has 90 valence electrons. The molecule has 0 aromatic rings. The smallest absolute Gasteiger partial charge is 0.322 e. The molecule has 0 spiro atoms. The maximum absolute atomic E-state index is 11.3. The van der Waals surface area contributed by atoms with Crippen LogP contribution in [0.25, 0.3) is 0 Å². The van der Waals surface area contributed by atoms with E-state index < -0.39 is 17.9 Å². The van der Waals surface area contributed by atoms with Crippen LogP contribution in [0.1, 0.15) is 12.8 Å². The second-order valence-corrected chi connectivity index (χ2v) is 3.56. The molecule has 0 aromatic heterocycles. The molecule has 1 fully saturated rings. The lowest BCUT2D eigenvalue weighted by Gasteiger charge is -2.22. The van der Waals surface area contributed by atoms with Crippen molar-refractivity contribution in [3.05, 3.63) is 0 Å². The minimum atomic E-state index is -1.17. The standard InChI is InChI=1S/C9H14N2O5/c10-6(9(14)15)3-16-4-11-8(13)5-1-2-7(5)12/h5-6H,1-4,10H2,(H,11,13)(H,14,15). The molecule has 0 radical (unpaired) electrons. The monoisotopic (exact) mass is 230 g/mol. The zero-order chi connectivity index (χ0) is 12.1. The van der Waals surface area contributed by atoms with Gasteiger partial charge in [-0.2, -0.15) is 0 Å². The second-order valence-electron chi connectivity index (χ2n) is 3.56. The van der Waals surface area contributed by atoms with Gasteiger partial charge >= 0.3 is 5.97 Å². The molecule has 1 amide bonds. The number of ketones is 1. The molecule has 7 nitrogen and oxygen atoms in total. The van der Waals surface area contributed by atoms with Gasteiger partial charge in [-0.25, -0.2) is 0 Å². The first-order valence-electron chi connectivity index (χ1n) is 4.89. The average Bonchev–Trinajstić information content (AvgIpc) is 2.21. The van der Waals surface area contributed by atoms with E-state index in [0.29, 0.717) is 12.8 Å². The Hall–Kier alpha value is -1.47. The fourth-order valence-corrected chi connectivity index (χ4v) is 1.19. The lowest BCUT2D eigenvalue weighted by molar-refractivity contribution is -0.140. The number of carboxylic acid groups (broad SMARTS) is 1. The van der Waals surface area contributed by atoms with Crippen LogP contribution in [-0.4, -0.2) is 42.1 Å². The average molecular weight is 230 g/mol. The van der Waals surface area contributed by atoms with Gasteiger partial charge in [0.2, 0.25) is 5.91 Å². The van der Waals surface area contributed by atoms with Crippen molar-refractivity contribution < 1.29 is 24.2 Å². The van der Waals surface area contributed by atoms with Gasteiger partial charge in [0, 0.05) is 6.42 Å². The van der Waals surface area contributed by atoms with E-state index in [1.54, 1.807) is 0 Å². The van der Waals surface area contributed by atoms with Crippen LogP contribution < -0.4 is 11.1 Å². The fraction of sp³-hybridized carbons (Fsp3) is 0.667. The SMILES string of the molecule is NC(COCNC(=O)C1CCC1=O)C(=O)O. The number of carbonyl (C=O) groups is 3. The third kappa shape index (κ3) is 3.28. The van der Waals surface area contributed by atoms with Crippen LogP contribution in [0, 0.1) is 5.92 Å². The lowest BCUT2D eigenvalue weighted by atomic mass is 9.83. The number of nitrogens with one attached hydrogen (secondary N) is 1. The van der Waals surface area contributed by atoms with Crippen molar-refractivity contribution in [3.63, 3.8) is 0 Å². The van der Waals surface area contributed by atoms with Crippen LogP contribution in [0.15, 0.2) is 0 Å². The molecule has 0 bridgehead atoms. The summed E-state index contributed by atoms with van der Waals surface area (Å²) in [5.41, 5.74) is 5.16. The maximum Gasteiger partial charge on any atom is 0.322 e. The molecule has 1 aliphatic rings. The van der Waals surface area contributed by atoms with Crippen molar-refractivity contribution in [2.45, 2.75) is 18.9 Å². The topological polar surface area (TPSA) is 119 Å². The van der Waals surface area contributed by atoms with Gasteiger partial charge in [0.25, 0.3) is 0 Å². The van der Waals surface area contributed by atoms with Crippen molar-refractivity contribution in [1.82, 2.24) is 5.32 Å². The number of hydrogen-bond donors (Lipinski definition) is 3. The first-order chi connectivity index (χ1) is 7.52. The highest BCUT2D eigenvalue weighted by Crippen LogP contribution is 2.21. The van der Waals surface area contributed by atoms with Gasteiger partial charge in [0.15, 0.2) is 0 Å². The predicted molar refractivity (Wildman–Crippen MR) is 52.3 cm³/mol. The number of aliphatic carboxylic acids is 1. The molecule has 2 unspecified atom stereocenters. The number of carboxylic acids is 1. The highest BCUT2D eigenvalue weighted by atomic mass is 16.5. The second kappa shape index (κ2) is 5.57. The molecule has 16 heavy (non-hydrogen) atoms. The number of carbonyl (C=O) groups excluding carboxylic acids is 2. The third-order valence-corrected chi connectivity index (χ3v) is 2.35. The predicted octanol–water partition coefficient (Wildman–Crippen LogP) is -1.53. The summed E-state index contributed by atoms with van der Waals surface area (Å²) < 4.78 is 4.83. The minimum Gasteiger partial charge on any atom is -0.480 e. The van der Waals surface area contributed by atoms with Gasteiger partial charge in [-0.3, -0.25) is 14.4 Å². The van der Waals surface area contributed by atoms with Crippen molar-refractivity contribution in [1.29, 1.82) is 0 Å². The van der Waals surface area contributed by atoms with Crippen LogP contribution >= 0.6 is 0 Å². The molecule has 0 saturated heterocycles. The van der Waals surface area contributed by atoms with Gasteiger partial charge in [0.05, 0.1) is 12.5 Å². The van der Waals surface area contributed by atoms with Gasteiger partial charge in [-0.15, -0.1) is 0 Å². The van der Waals surface area contributed by atoms with Crippen LogP contribution in [0.5, 0.6) is 0 Å². The first-order valence-corrected chi connectivity index (χ1v) is 4.89. The van der Waals surface area contributed by atoms with Crippen molar-refractivity contribution in [3.8, 4) is 0 Å². The highest BCUT2D eigenvalue weighted by molar-refractivity contribution is 6.05. The molecule has 1 rings (SSSR count). The maximum atomic E-state index is 11.3. The van der Waals surface area contributed by atoms with Crippen LogP contribution in [0.4, 0.5) is 0 Å². The Morgan fingerprint density at radius 2 is 2.31 bits per heavy atom.